The van der Waals surface area contributed by atoms with E-state index in [1.807, 2.05) is 25.1 Å². The van der Waals surface area contributed by atoms with Gasteiger partial charge in [-0.15, -0.1) is 11.3 Å². The van der Waals surface area contributed by atoms with E-state index in [0.29, 0.717) is 0 Å². The van der Waals surface area contributed by atoms with Gasteiger partial charge in [0.25, 0.3) is 0 Å². The van der Waals surface area contributed by atoms with Crippen molar-refractivity contribution in [3.05, 3.63) is 28.8 Å². The first-order valence-corrected chi connectivity index (χ1v) is 5.63. The van der Waals surface area contributed by atoms with E-state index in [-0.39, 0.29) is 3.79 Å². The largest absolute Gasteiger partial charge is 0.282 e. The molecule has 0 amide bonds. The third kappa shape index (κ3) is 1.73. The number of rotatable bonds is 1. The molecule has 0 saturated heterocycles. The molecule has 0 aliphatic carbocycles. The van der Waals surface area contributed by atoms with E-state index in [1.165, 1.54) is 0 Å². The zero-order valence-electron chi connectivity index (χ0n) is 6.87. The summed E-state index contributed by atoms with van der Waals surface area (Å²) in [6, 6.07) is 5.63. The molecule has 1 aromatic carbocycles. The molecular formula is C9H6INOS. The molecule has 13 heavy (non-hydrogen) atoms. The minimum Gasteiger partial charge on any atom is -0.282 e. The number of fused-ring (bicyclic) bond motifs is 1. The van der Waals surface area contributed by atoms with Gasteiger partial charge in [-0.3, -0.25) is 4.79 Å². The van der Waals surface area contributed by atoms with Crippen molar-refractivity contribution in [3.63, 3.8) is 0 Å². The second kappa shape index (κ2) is 3.34. The van der Waals surface area contributed by atoms with Crippen molar-refractivity contribution in [2.24, 2.45) is 0 Å². The van der Waals surface area contributed by atoms with E-state index in [0.717, 1.165) is 20.8 Å². The number of benzene rings is 1. The average Bonchev–Trinajstić information content (AvgIpc) is 2.42. The molecule has 0 aliphatic heterocycles. The number of aryl methyl sites for hydroxylation is 1. The maximum absolute atomic E-state index is 11.1. The number of nitrogens with zero attached hydrogens (tertiary/aromatic N) is 1. The summed E-state index contributed by atoms with van der Waals surface area (Å²) in [6.07, 6.45) is 0. The smallest absolute Gasteiger partial charge is 0.222 e. The van der Waals surface area contributed by atoms with E-state index in [2.05, 4.69) is 4.98 Å². The summed E-state index contributed by atoms with van der Waals surface area (Å²) in [5.41, 5.74) is 1.64. The van der Waals surface area contributed by atoms with Gasteiger partial charge in [0.1, 0.15) is 0 Å². The van der Waals surface area contributed by atoms with Crippen molar-refractivity contribution < 1.29 is 4.79 Å². The summed E-state index contributed by atoms with van der Waals surface area (Å²) in [6.45, 7) is 1.97. The summed E-state index contributed by atoms with van der Waals surface area (Å²) in [5, 5.41) is 1.04. The van der Waals surface area contributed by atoms with Gasteiger partial charge in [0.05, 0.1) is 15.2 Å². The Hall–Kier alpha value is -0.490. The Morgan fingerprint density at radius 2 is 2.31 bits per heavy atom. The minimum absolute atomic E-state index is 0.0603. The van der Waals surface area contributed by atoms with Gasteiger partial charge in [0.2, 0.25) is 3.79 Å². The Balaban J connectivity index is 2.67. The molecule has 0 bridgehead atoms. The molecule has 0 N–H and O–H groups in total. The van der Waals surface area contributed by atoms with Crippen molar-refractivity contribution in [1.82, 2.24) is 4.98 Å². The van der Waals surface area contributed by atoms with Gasteiger partial charge in [-0.05, 0) is 25.1 Å². The number of halogens is 1. The first kappa shape index (κ1) is 9.08. The quantitative estimate of drug-likeness (QED) is 0.598. The summed E-state index contributed by atoms with van der Waals surface area (Å²) in [4.78, 5) is 15.4. The number of hydrogen-bond acceptors (Lipinski definition) is 3. The normalized spacial score (nSPS) is 10.6. The number of carbonyl (C=O) groups is 1. The van der Waals surface area contributed by atoms with Crippen molar-refractivity contribution in [1.29, 1.82) is 0 Å². The number of carbonyl (C=O) groups excluding carboxylic acids is 1. The first-order chi connectivity index (χ1) is 6.16. The van der Waals surface area contributed by atoms with Gasteiger partial charge in [-0.2, -0.15) is 0 Å². The fourth-order valence-electron chi connectivity index (χ4n) is 1.16. The third-order valence-corrected chi connectivity index (χ3v) is 3.30. The van der Waals surface area contributed by atoms with E-state index in [4.69, 9.17) is 0 Å². The maximum Gasteiger partial charge on any atom is 0.222 e. The highest BCUT2D eigenvalue weighted by Crippen LogP contribution is 2.23. The van der Waals surface area contributed by atoms with Crippen LogP contribution in [0.5, 0.6) is 0 Å². The van der Waals surface area contributed by atoms with Crippen LogP contribution in [0.2, 0.25) is 0 Å². The van der Waals surface area contributed by atoms with Crippen molar-refractivity contribution in [3.8, 4) is 0 Å². The predicted octanol–water partition coefficient (Wildman–Crippen LogP) is 3.18. The van der Waals surface area contributed by atoms with Gasteiger partial charge in [0.15, 0.2) is 0 Å². The monoisotopic (exact) mass is 303 g/mol. The number of hydrogen-bond donors (Lipinski definition) is 0. The Labute approximate surface area is 93.1 Å². The fourth-order valence-corrected chi connectivity index (χ4v) is 2.31. The van der Waals surface area contributed by atoms with Gasteiger partial charge < -0.3 is 0 Å². The van der Waals surface area contributed by atoms with Gasteiger partial charge >= 0.3 is 0 Å². The molecule has 0 unspecified atom stereocenters. The molecule has 0 radical (unpaired) electrons. The van der Waals surface area contributed by atoms with Crippen LogP contribution >= 0.6 is 33.9 Å². The van der Waals surface area contributed by atoms with E-state index in [9.17, 15) is 4.79 Å². The lowest BCUT2D eigenvalue weighted by Crippen LogP contribution is -1.85. The summed E-state index contributed by atoms with van der Waals surface area (Å²) < 4.78 is 1.20. The topological polar surface area (TPSA) is 30.0 Å². The van der Waals surface area contributed by atoms with Gasteiger partial charge in [0, 0.05) is 28.2 Å². The number of thiazole rings is 1. The number of aromatic nitrogens is 1. The van der Waals surface area contributed by atoms with E-state index in [1.54, 1.807) is 33.9 Å². The van der Waals surface area contributed by atoms with Crippen LogP contribution in [0.3, 0.4) is 0 Å². The Bertz CT molecular complexity index is 477. The molecule has 4 heteroatoms. The summed E-state index contributed by atoms with van der Waals surface area (Å²) in [7, 11) is 0. The summed E-state index contributed by atoms with van der Waals surface area (Å²) in [5.74, 6) is 0. The molecule has 2 nitrogen and oxygen atoms in total. The molecule has 0 atom stereocenters. The molecule has 0 saturated carbocycles. The third-order valence-electron chi connectivity index (χ3n) is 1.72. The highest BCUT2D eigenvalue weighted by atomic mass is 127. The van der Waals surface area contributed by atoms with Crippen molar-refractivity contribution >= 4 is 47.9 Å². The molecule has 1 aromatic heterocycles. The molecule has 0 fully saturated rings. The Kier molecular flexibility index (Phi) is 2.33. The molecule has 0 spiro atoms. The predicted molar refractivity (Wildman–Crippen MR) is 62.7 cm³/mol. The molecule has 1 heterocycles. The van der Waals surface area contributed by atoms with Crippen molar-refractivity contribution in [2.45, 2.75) is 6.92 Å². The molecule has 2 rings (SSSR count). The minimum atomic E-state index is 0.0603. The highest BCUT2D eigenvalue weighted by molar-refractivity contribution is 14.1. The Morgan fingerprint density at radius 1 is 1.54 bits per heavy atom. The van der Waals surface area contributed by atoms with Gasteiger partial charge in [-0.1, -0.05) is 0 Å². The van der Waals surface area contributed by atoms with E-state index < -0.39 is 0 Å². The van der Waals surface area contributed by atoms with Crippen molar-refractivity contribution in [2.75, 3.05) is 0 Å². The van der Waals surface area contributed by atoms with Crippen LogP contribution in [0.15, 0.2) is 18.2 Å². The second-order valence-electron chi connectivity index (χ2n) is 2.69. The first-order valence-electron chi connectivity index (χ1n) is 3.74. The van der Waals surface area contributed by atoms with Gasteiger partial charge in [-0.25, -0.2) is 4.98 Å². The maximum atomic E-state index is 11.1. The van der Waals surface area contributed by atoms with Crippen LogP contribution in [0.25, 0.3) is 10.2 Å². The Morgan fingerprint density at radius 3 is 3.00 bits per heavy atom. The lowest BCUT2D eigenvalue weighted by molar-refractivity contribution is 0.110. The molecule has 2 aromatic rings. The zero-order valence-corrected chi connectivity index (χ0v) is 9.85. The fraction of sp³-hybridized carbons (Fsp3) is 0.111. The van der Waals surface area contributed by atoms with Crippen LogP contribution in [0.1, 0.15) is 15.4 Å². The lowest BCUT2D eigenvalue weighted by Gasteiger charge is -1.91. The highest BCUT2D eigenvalue weighted by Gasteiger charge is 2.04. The summed E-state index contributed by atoms with van der Waals surface area (Å²) >= 11 is 3.43. The second-order valence-corrected chi connectivity index (χ2v) is 4.90. The average molecular weight is 303 g/mol. The van der Waals surface area contributed by atoms with Crippen LogP contribution in [-0.4, -0.2) is 8.77 Å². The SMILES string of the molecule is Cc1nc2cc(C(=O)I)ccc2s1. The zero-order chi connectivity index (χ0) is 9.42. The van der Waals surface area contributed by atoms with Crippen LogP contribution in [0.4, 0.5) is 0 Å². The standard InChI is InChI=1S/C9H6INOS/c1-5-11-7-4-6(9(10)12)2-3-8(7)13-5/h2-4H,1H3. The molecule has 66 valence electrons. The van der Waals surface area contributed by atoms with Crippen LogP contribution < -0.4 is 0 Å². The molecule has 0 aliphatic rings. The van der Waals surface area contributed by atoms with Crippen LogP contribution in [-0.2, 0) is 0 Å². The molecular weight excluding hydrogens is 297 g/mol. The van der Waals surface area contributed by atoms with Crippen LogP contribution in [0, 0.1) is 6.92 Å². The van der Waals surface area contributed by atoms with E-state index >= 15 is 0 Å². The lowest BCUT2D eigenvalue weighted by atomic mass is 10.2.